The summed E-state index contributed by atoms with van der Waals surface area (Å²) in [5.74, 6) is 4.10. The lowest BCUT2D eigenvalue weighted by molar-refractivity contribution is -0.110. The van der Waals surface area contributed by atoms with E-state index in [1.54, 1.807) is 6.92 Å². The molecular formula is C16H30O2. The van der Waals surface area contributed by atoms with Crippen LogP contribution in [0.3, 0.4) is 0 Å². The van der Waals surface area contributed by atoms with E-state index in [4.69, 9.17) is 0 Å². The third-order valence-corrected chi connectivity index (χ3v) is 3.37. The molecule has 0 radical (unpaired) electrons. The minimum absolute atomic E-state index is 0.257. The number of hydrogen-bond donors (Lipinski definition) is 2. The molecule has 0 aromatic carbocycles. The van der Waals surface area contributed by atoms with Crippen LogP contribution in [-0.2, 0) is 0 Å². The van der Waals surface area contributed by atoms with Gasteiger partial charge in [-0.2, -0.15) is 0 Å². The van der Waals surface area contributed by atoms with Crippen LogP contribution in [0.4, 0.5) is 0 Å². The van der Waals surface area contributed by atoms with E-state index >= 15 is 0 Å². The maximum Gasteiger partial charge on any atom is 0.228 e. The van der Waals surface area contributed by atoms with E-state index in [0.717, 1.165) is 12.8 Å². The highest BCUT2D eigenvalue weighted by Gasteiger charge is 2.15. The molecular weight excluding hydrogens is 224 g/mol. The molecule has 2 N–H and O–H groups in total. The van der Waals surface area contributed by atoms with Gasteiger partial charge in [-0.05, 0) is 18.8 Å². The smallest absolute Gasteiger partial charge is 0.228 e. The van der Waals surface area contributed by atoms with Crippen LogP contribution in [0.25, 0.3) is 0 Å². The summed E-state index contributed by atoms with van der Waals surface area (Å²) in [6, 6.07) is 0. The van der Waals surface area contributed by atoms with Gasteiger partial charge in [0.25, 0.3) is 0 Å². The second-order valence-electron chi connectivity index (χ2n) is 5.10. The fourth-order valence-corrected chi connectivity index (χ4v) is 1.86. The summed E-state index contributed by atoms with van der Waals surface area (Å²) in [7, 11) is 0. The molecule has 0 aliphatic heterocycles. The topological polar surface area (TPSA) is 40.5 Å². The molecule has 0 aliphatic carbocycles. The first-order valence-electron chi connectivity index (χ1n) is 7.53. The van der Waals surface area contributed by atoms with Gasteiger partial charge in [-0.1, -0.05) is 65.2 Å². The van der Waals surface area contributed by atoms with E-state index in [1.807, 2.05) is 0 Å². The Morgan fingerprint density at radius 1 is 0.944 bits per heavy atom. The van der Waals surface area contributed by atoms with Crippen molar-refractivity contribution in [2.75, 3.05) is 0 Å². The lowest BCUT2D eigenvalue weighted by Crippen LogP contribution is -2.24. The summed E-state index contributed by atoms with van der Waals surface area (Å²) < 4.78 is 0. The van der Waals surface area contributed by atoms with Gasteiger partial charge < -0.3 is 10.2 Å². The zero-order valence-electron chi connectivity index (χ0n) is 12.3. The van der Waals surface area contributed by atoms with Crippen LogP contribution in [-0.4, -0.2) is 16.0 Å². The van der Waals surface area contributed by atoms with Crippen molar-refractivity contribution in [2.45, 2.75) is 84.3 Å². The standard InChI is InChI=1S/C16H30O2/c1-4-7-8-9-10-11-12-15(5-2)13-14-16(17,18)6-3/h15,17-18H,4-12H2,1-3H3. The quantitative estimate of drug-likeness (QED) is 0.373. The lowest BCUT2D eigenvalue weighted by Gasteiger charge is -2.12. The van der Waals surface area contributed by atoms with Crippen molar-refractivity contribution < 1.29 is 10.2 Å². The van der Waals surface area contributed by atoms with Gasteiger partial charge in [-0.25, -0.2) is 0 Å². The van der Waals surface area contributed by atoms with Gasteiger partial charge in [0, 0.05) is 12.3 Å². The SMILES string of the molecule is CCCCCCCCC(C#CC(O)(O)CC)CC. The Kier molecular flexibility index (Phi) is 10.1. The Morgan fingerprint density at radius 3 is 2.11 bits per heavy atom. The maximum atomic E-state index is 9.42. The molecule has 0 amide bonds. The summed E-state index contributed by atoms with van der Waals surface area (Å²) in [4.78, 5) is 0. The van der Waals surface area contributed by atoms with Gasteiger partial charge in [0.05, 0.1) is 0 Å². The molecule has 0 spiro atoms. The fourth-order valence-electron chi connectivity index (χ4n) is 1.86. The van der Waals surface area contributed by atoms with Gasteiger partial charge in [0.2, 0.25) is 5.79 Å². The van der Waals surface area contributed by atoms with Gasteiger partial charge in [-0.15, -0.1) is 0 Å². The van der Waals surface area contributed by atoms with E-state index in [9.17, 15) is 10.2 Å². The predicted octanol–water partition coefficient (Wildman–Crippen LogP) is 3.86. The number of unbranched alkanes of at least 4 members (excludes halogenated alkanes) is 5. The van der Waals surface area contributed by atoms with Crippen LogP contribution in [0, 0.1) is 17.8 Å². The van der Waals surface area contributed by atoms with Gasteiger partial charge in [0.15, 0.2) is 0 Å². The molecule has 0 saturated heterocycles. The van der Waals surface area contributed by atoms with Crippen LogP contribution < -0.4 is 0 Å². The van der Waals surface area contributed by atoms with E-state index < -0.39 is 5.79 Å². The zero-order valence-corrected chi connectivity index (χ0v) is 12.3. The third kappa shape index (κ3) is 9.50. The predicted molar refractivity (Wildman–Crippen MR) is 77.0 cm³/mol. The monoisotopic (exact) mass is 254 g/mol. The number of aliphatic hydroxyl groups is 2. The Labute approximate surface area is 113 Å². The van der Waals surface area contributed by atoms with Crippen molar-refractivity contribution in [2.24, 2.45) is 5.92 Å². The summed E-state index contributed by atoms with van der Waals surface area (Å²) >= 11 is 0. The average Bonchev–Trinajstić information content (AvgIpc) is 2.37. The summed E-state index contributed by atoms with van der Waals surface area (Å²) in [5.41, 5.74) is 0. The van der Waals surface area contributed by atoms with Crippen molar-refractivity contribution in [3.8, 4) is 11.8 Å². The summed E-state index contributed by atoms with van der Waals surface area (Å²) in [5, 5.41) is 18.8. The summed E-state index contributed by atoms with van der Waals surface area (Å²) in [6.07, 6.45) is 10.1. The van der Waals surface area contributed by atoms with Crippen molar-refractivity contribution in [1.82, 2.24) is 0 Å². The maximum absolute atomic E-state index is 9.42. The molecule has 0 heterocycles. The van der Waals surface area contributed by atoms with Crippen LogP contribution in [0.5, 0.6) is 0 Å². The van der Waals surface area contributed by atoms with E-state index in [1.165, 1.54) is 38.5 Å². The van der Waals surface area contributed by atoms with E-state index in [0.29, 0.717) is 5.92 Å². The summed E-state index contributed by atoms with van der Waals surface area (Å²) in [6.45, 7) is 6.06. The molecule has 1 unspecified atom stereocenters. The lowest BCUT2D eigenvalue weighted by atomic mass is 9.98. The van der Waals surface area contributed by atoms with E-state index in [-0.39, 0.29) is 6.42 Å². The highest BCUT2D eigenvalue weighted by atomic mass is 16.5. The first-order chi connectivity index (χ1) is 8.55. The second-order valence-corrected chi connectivity index (χ2v) is 5.10. The molecule has 1 atom stereocenters. The van der Waals surface area contributed by atoms with Crippen LogP contribution in [0.1, 0.15) is 78.6 Å². The second kappa shape index (κ2) is 10.4. The normalized spacial score (nSPS) is 12.9. The fraction of sp³-hybridized carbons (Fsp3) is 0.875. The molecule has 0 aliphatic rings. The molecule has 0 bridgehead atoms. The molecule has 0 rings (SSSR count). The number of hydrogen-bond acceptors (Lipinski definition) is 2. The third-order valence-electron chi connectivity index (χ3n) is 3.37. The molecule has 0 aromatic heterocycles. The molecule has 0 aromatic rings. The molecule has 18 heavy (non-hydrogen) atoms. The highest BCUT2D eigenvalue weighted by Crippen LogP contribution is 2.15. The van der Waals surface area contributed by atoms with Crippen LogP contribution in [0.15, 0.2) is 0 Å². The Bertz CT molecular complexity index is 248. The first kappa shape index (κ1) is 17.5. The molecule has 2 nitrogen and oxygen atoms in total. The largest absolute Gasteiger partial charge is 0.356 e. The Hall–Kier alpha value is -0.520. The minimum Gasteiger partial charge on any atom is -0.356 e. The van der Waals surface area contributed by atoms with Gasteiger partial charge >= 0.3 is 0 Å². The van der Waals surface area contributed by atoms with Gasteiger partial charge in [0.1, 0.15) is 0 Å². The molecule has 2 heteroatoms. The molecule has 0 saturated carbocycles. The first-order valence-corrected chi connectivity index (χ1v) is 7.53. The Morgan fingerprint density at radius 2 is 1.56 bits per heavy atom. The van der Waals surface area contributed by atoms with Crippen LogP contribution in [0.2, 0.25) is 0 Å². The zero-order chi connectivity index (χ0) is 13.9. The highest BCUT2D eigenvalue weighted by molar-refractivity contribution is 5.10. The average molecular weight is 254 g/mol. The molecule has 0 fully saturated rings. The van der Waals surface area contributed by atoms with Gasteiger partial charge in [-0.3, -0.25) is 0 Å². The van der Waals surface area contributed by atoms with Crippen molar-refractivity contribution in [3.63, 3.8) is 0 Å². The molecule has 106 valence electrons. The van der Waals surface area contributed by atoms with Crippen molar-refractivity contribution in [1.29, 1.82) is 0 Å². The number of rotatable bonds is 9. The van der Waals surface area contributed by atoms with Crippen molar-refractivity contribution >= 4 is 0 Å². The van der Waals surface area contributed by atoms with Crippen molar-refractivity contribution in [3.05, 3.63) is 0 Å². The van der Waals surface area contributed by atoms with E-state index in [2.05, 4.69) is 25.7 Å². The van der Waals surface area contributed by atoms with Crippen LogP contribution >= 0.6 is 0 Å². The minimum atomic E-state index is -1.80. The Balaban J connectivity index is 3.84.